The molecule has 0 saturated heterocycles. The number of carbonyl (C=O) groups excluding carboxylic acids is 2. The zero-order valence-corrected chi connectivity index (χ0v) is 11.9. The molecule has 2 aromatic carbocycles. The summed E-state index contributed by atoms with van der Waals surface area (Å²) in [5.74, 6) is -0.949. The molecule has 0 aliphatic heterocycles. The van der Waals surface area contributed by atoms with Crippen molar-refractivity contribution in [3.8, 4) is 0 Å². The molecule has 22 heavy (non-hydrogen) atoms. The minimum Gasteiger partial charge on any atom is -0.595 e. The fourth-order valence-electron chi connectivity index (χ4n) is 1.99. The normalized spacial score (nSPS) is 13.2. The summed E-state index contributed by atoms with van der Waals surface area (Å²) < 4.78 is 5.12. The maximum absolute atomic E-state index is 12.5. The summed E-state index contributed by atoms with van der Waals surface area (Å²) in [4.78, 5) is 23.8. The van der Waals surface area contributed by atoms with Gasteiger partial charge in [0.1, 0.15) is 0 Å². The van der Waals surface area contributed by atoms with Gasteiger partial charge in [-0.2, -0.15) is 5.23 Å². The molecule has 0 saturated carbocycles. The molecule has 0 amide bonds. The fourth-order valence-corrected chi connectivity index (χ4v) is 1.99. The van der Waals surface area contributed by atoms with Crippen LogP contribution in [0.5, 0.6) is 0 Å². The zero-order chi connectivity index (χ0) is 16.1. The molecule has 6 heteroatoms. The summed E-state index contributed by atoms with van der Waals surface area (Å²) in [5, 5.41) is 18.7. The SMILES string of the molecule is CC(=O)O[C@@H](C(=O)c1ccccc1)c1ccc([NH+]([O-])O)cc1. The van der Waals surface area contributed by atoms with Crippen molar-refractivity contribution in [1.29, 1.82) is 0 Å². The first-order valence-corrected chi connectivity index (χ1v) is 6.59. The minimum atomic E-state index is -1.09. The van der Waals surface area contributed by atoms with Crippen LogP contribution in [0.3, 0.4) is 0 Å². The third-order valence-electron chi connectivity index (χ3n) is 3.04. The van der Waals surface area contributed by atoms with Crippen LogP contribution in [0.4, 0.5) is 5.69 Å². The van der Waals surface area contributed by atoms with Crippen LogP contribution in [-0.2, 0) is 9.53 Å². The predicted molar refractivity (Wildman–Crippen MR) is 77.5 cm³/mol. The molecule has 0 radical (unpaired) electrons. The topological polar surface area (TPSA) is 91.1 Å². The van der Waals surface area contributed by atoms with Gasteiger partial charge >= 0.3 is 5.97 Å². The van der Waals surface area contributed by atoms with E-state index in [1.807, 2.05) is 0 Å². The molecular weight excluding hydrogens is 286 g/mol. The average molecular weight is 301 g/mol. The van der Waals surface area contributed by atoms with Crippen LogP contribution in [0.25, 0.3) is 0 Å². The lowest BCUT2D eigenvalue weighted by Crippen LogP contribution is -2.99. The summed E-state index contributed by atoms with van der Waals surface area (Å²) in [7, 11) is 0. The van der Waals surface area contributed by atoms with Crippen LogP contribution in [0.1, 0.15) is 28.9 Å². The standard InChI is InChI=1S/C16H15NO5/c1-11(18)22-16(15(19)12-5-3-2-4-6-12)13-7-9-14(10-8-13)17(20)21/h2-10,16-17,20H,1H3/t16-/m1/s1. The fraction of sp³-hybridized carbons (Fsp3) is 0.125. The summed E-state index contributed by atoms with van der Waals surface area (Å²) in [6.07, 6.45) is -1.09. The third kappa shape index (κ3) is 3.76. The first-order valence-electron chi connectivity index (χ1n) is 6.59. The Morgan fingerprint density at radius 1 is 1.09 bits per heavy atom. The molecule has 1 unspecified atom stereocenters. The molecule has 0 fully saturated rings. The van der Waals surface area contributed by atoms with E-state index in [1.54, 1.807) is 30.3 Å². The Morgan fingerprint density at radius 3 is 2.18 bits per heavy atom. The molecule has 0 bridgehead atoms. The molecule has 0 aliphatic rings. The molecule has 114 valence electrons. The van der Waals surface area contributed by atoms with E-state index in [0.29, 0.717) is 11.1 Å². The van der Waals surface area contributed by atoms with Crippen LogP contribution in [0, 0.1) is 5.21 Å². The molecule has 2 aromatic rings. The van der Waals surface area contributed by atoms with Gasteiger partial charge in [0.15, 0.2) is 11.8 Å². The highest BCUT2D eigenvalue weighted by molar-refractivity contribution is 6.00. The highest BCUT2D eigenvalue weighted by Crippen LogP contribution is 2.23. The van der Waals surface area contributed by atoms with E-state index in [4.69, 9.17) is 9.94 Å². The van der Waals surface area contributed by atoms with Gasteiger partial charge in [-0.25, -0.2) is 5.21 Å². The maximum Gasteiger partial charge on any atom is 0.303 e. The van der Waals surface area contributed by atoms with Gasteiger partial charge in [0.05, 0.1) is 0 Å². The Kier molecular flexibility index (Phi) is 5.00. The van der Waals surface area contributed by atoms with Crippen molar-refractivity contribution in [1.82, 2.24) is 0 Å². The highest BCUT2D eigenvalue weighted by atomic mass is 16.8. The summed E-state index contributed by atoms with van der Waals surface area (Å²) in [6, 6.07) is 14.1. The van der Waals surface area contributed by atoms with Crippen LogP contribution >= 0.6 is 0 Å². The molecule has 2 atom stereocenters. The average Bonchev–Trinajstić information content (AvgIpc) is 2.53. The lowest BCUT2D eigenvalue weighted by molar-refractivity contribution is -0.991. The number of hydrogen-bond donors (Lipinski definition) is 2. The van der Waals surface area contributed by atoms with Crippen LogP contribution in [0.2, 0.25) is 0 Å². The largest absolute Gasteiger partial charge is 0.595 e. The van der Waals surface area contributed by atoms with Crippen LogP contribution in [-0.4, -0.2) is 17.0 Å². The highest BCUT2D eigenvalue weighted by Gasteiger charge is 2.25. The number of rotatable bonds is 5. The number of ketones is 1. The van der Waals surface area contributed by atoms with Crippen molar-refractivity contribution in [3.05, 3.63) is 70.9 Å². The van der Waals surface area contributed by atoms with Crippen molar-refractivity contribution < 1.29 is 24.8 Å². The molecule has 2 rings (SSSR count). The van der Waals surface area contributed by atoms with Gasteiger partial charge in [-0.3, -0.25) is 9.59 Å². The molecule has 2 N–H and O–H groups in total. The zero-order valence-electron chi connectivity index (χ0n) is 11.9. The number of esters is 1. The Morgan fingerprint density at radius 2 is 1.68 bits per heavy atom. The van der Waals surface area contributed by atoms with E-state index in [2.05, 4.69) is 0 Å². The maximum atomic E-state index is 12.5. The van der Waals surface area contributed by atoms with Gasteiger partial charge in [0, 0.05) is 30.2 Å². The molecule has 0 aliphatic carbocycles. The Labute approximate surface area is 127 Å². The van der Waals surface area contributed by atoms with Crippen molar-refractivity contribution in [2.75, 3.05) is 0 Å². The van der Waals surface area contributed by atoms with E-state index in [0.717, 1.165) is 0 Å². The molecular formula is C16H15NO5. The van der Waals surface area contributed by atoms with Crippen LogP contribution in [0.15, 0.2) is 54.6 Å². The summed E-state index contributed by atoms with van der Waals surface area (Å²) in [5.41, 5.74) is 0.933. The Balaban J connectivity index is 2.33. The lowest BCUT2D eigenvalue weighted by atomic mass is 9.99. The van der Waals surface area contributed by atoms with Crippen molar-refractivity contribution in [3.63, 3.8) is 0 Å². The first kappa shape index (κ1) is 15.8. The second kappa shape index (κ2) is 6.95. The van der Waals surface area contributed by atoms with Gasteiger partial charge in [-0.05, 0) is 12.1 Å². The van der Waals surface area contributed by atoms with Gasteiger partial charge in [-0.1, -0.05) is 30.3 Å². The second-order valence-electron chi connectivity index (χ2n) is 4.65. The molecule has 0 heterocycles. The molecule has 6 nitrogen and oxygen atoms in total. The Bertz CT molecular complexity index is 652. The Hall–Kier alpha value is -2.54. The quantitative estimate of drug-likeness (QED) is 0.497. The smallest absolute Gasteiger partial charge is 0.303 e. The van der Waals surface area contributed by atoms with Gasteiger partial charge in [-0.15, -0.1) is 0 Å². The van der Waals surface area contributed by atoms with Gasteiger partial charge in [0.2, 0.25) is 5.78 Å². The van der Waals surface area contributed by atoms with Gasteiger partial charge < -0.3 is 9.94 Å². The number of benzene rings is 2. The summed E-state index contributed by atoms with van der Waals surface area (Å²) in [6.45, 7) is 1.22. The van der Waals surface area contributed by atoms with Gasteiger partial charge in [0.25, 0.3) is 0 Å². The lowest BCUT2D eigenvalue weighted by Gasteiger charge is -2.17. The van der Waals surface area contributed by atoms with E-state index < -0.39 is 17.3 Å². The summed E-state index contributed by atoms with van der Waals surface area (Å²) >= 11 is 0. The molecule has 0 aromatic heterocycles. The number of carbonyl (C=O) groups is 2. The monoisotopic (exact) mass is 301 g/mol. The number of quaternary nitrogens is 1. The van der Waals surface area contributed by atoms with Crippen LogP contribution < -0.4 is 5.23 Å². The number of Topliss-reactive ketones (excluding diaryl/α,β-unsaturated/α-hetero) is 1. The minimum absolute atomic E-state index is 0.0949. The molecule has 0 spiro atoms. The van der Waals surface area contributed by atoms with E-state index in [1.165, 1.54) is 31.2 Å². The van der Waals surface area contributed by atoms with Crippen molar-refractivity contribution in [2.24, 2.45) is 0 Å². The van der Waals surface area contributed by atoms with Crippen molar-refractivity contribution in [2.45, 2.75) is 13.0 Å². The first-order chi connectivity index (χ1) is 10.5. The third-order valence-corrected chi connectivity index (χ3v) is 3.04. The predicted octanol–water partition coefficient (Wildman–Crippen LogP) is 1.58. The second-order valence-corrected chi connectivity index (χ2v) is 4.65. The number of nitrogens with one attached hydrogen (secondary N) is 1. The number of ether oxygens (including phenoxy) is 1. The van der Waals surface area contributed by atoms with E-state index >= 15 is 0 Å². The number of hydrogen-bond acceptors (Lipinski definition) is 5. The van der Waals surface area contributed by atoms with E-state index in [9.17, 15) is 14.8 Å². The van der Waals surface area contributed by atoms with Crippen molar-refractivity contribution >= 4 is 17.4 Å². The van der Waals surface area contributed by atoms with E-state index in [-0.39, 0.29) is 11.5 Å².